The topological polar surface area (TPSA) is 141 Å². The van der Waals surface area contributed by atoms with E-state index in [1.165, 1.54) is 167 Å². The van der Waals surface area contributed by atoms with E-state index >= 15 is 0 Å². The van der Waals surface area contributed by atoms with Gasteiger partial charge in [-0.15, -0.1) is 0 Å². The van der Waals surface area contributed by atoms with E-state index < -0.39 is 11.9 Å². The second-order valence-electron chi connectivity index (χ2n) is 15.4. The molecule has 0 aromatic carbocycles. The second-order valence-corrected chi connectivity index (χ2v) is 15.4. The van der Waals surface area contributed by atoms with Crippen LogP contribution in [0.3, 0.4) is 0 Å². The number of carboxylic acid groups (broad SMARTS) is 2. The molecule has 0 saturated heterocycles. The van der Waals surface area contributed by atoms with Crippen molar-refractivity contribution in [3.05, 3.63) is 0 Å². The Hall–Kier alpha value is -0.596. The molecule has 56 heavy (non-hydrogen) atoms. The number of rotatable bonds is 38. The average Bonchev–Trinajstić information content (AvgIpc) is 3.16. The van der Waals surface area contributed by atoms with Gasteiger partial charge in [-0.3, -0.25) is 0 Å². The zero-order valence-electron chi connectivity index (χ0n) is 38.4. The van der Waals surface area contributed by atoms with E-state index in [0.717, 1.165) is 64.2 Å². The van der Waals surface area contributed by atoms with Gasteiger partial charge in [0.15, 0.2) is 0 Å². The Bertz CT molecular complexity index is 572. The summed E-state index contributed by atoms with van der Waals surface area (Å²) < 4.78 is 0. The molecule has 0 aliphatic rings. The fourth-order valence-corrected chi connectivity index (χ4v) is 5.76. The Morgan fingerprint density at radius 2 is 0.429 bits per heavy atom. The summed E-state index contributed by atoms with van der Waals surface area (Å²) in [4.78, 5) is 20.4. The number of carbonyl (C=O) groups is 2. The first-order valence-electron chi connectivity index (χ1n) is 24.0. The summed E-state index contributed by atoms with van der Waals surface area (Å²) in [5, 5.41) is 44.6. The summed E-state index contributed by atoms with van der Waals surface area (Å²) in [5.74, 6) is -1.81. The van der Waals surface area contributed by atoms with Crippen molar-refractivity contribution in [3.8, 4) is 0 Å². The van der Waals surface area contributed by atoms with Crippen LogP contribution in [-0.2, 0) is 28.1 Å². The first-order valence-corrected chi connectivity index (χ1v) is 24.0. The molecular weight excluding hydrogens is 739 g/mol. The van der Waals surface area contributed by atoms with Crippen LogP contribution < -0.4 is 10.2 Å². The number of carboxylic acids is 2. The number of aliphatic hydroxyl groups excluding tert-OH is 3. The molecular formula is C48H100O7V. The van der Waals surface area contributed by atoms with Crippen molar-refractivity contribution in [1.29, 1.82) is 0 Å². The third-order valence-electron chi connectivity index (χ3n) is 9.50. The van der Waals surface area contributed by atoms with E-state index in [9.17, 15) is 19.8 Å². The molecule has 0 heterocycles. The van der Waals surface area contributed by atoms with Crippen molar-refractivity contribution in [2.24, 2.45) is 0 Å². The smallest absolute Gasteiger partial charge is 0.550 e. The Balaban J connectivity index is -0.000000161. The van der Waals surface area contributed by atoms with Gasteiger partial charge < -0.3 is 35.1 Å². The van der Waals surface area contributed by atoms with Crippen molar-refractivity contribution in [2.75, 3.05) is 19.8 Å². The number of aliphatic carboxylic acids is 2. The molecule has 3 N–H and O–H groups in total. The Morgan fingerprint density at radius 1 is 0.286 bits per heavy atom. The van der Waals surface area contributed by atoms with E-state index in [4.69, 9.17) is 15.3 Å². The predicted octanol–water partition coefficient (Wildman–Crippen LogP) is 12.3. The van der Waals surface area contributed by atoms with Gasteiger partial charge in [0, 0.05) is 31.8 Å². The number of unbranched alkanes of at least 4 members (excludes halogenated alkanes) is 31. The Morgan fingerprint density at radius 3 is 0.536 bits per heavy atom. The Labute approximate surface area is 362 Å². The van der Waals surface area contributed by atoms with Crippen LogP contribution in [0, 0.1) is 0 Å². The fourth-order valence-electron chi connectivity index (χ4n) is 5.76. The summed E-state index contributed by atoms with van der Waals surface area (Å²) in [6, 6.07) is 0. The summed E-state index contributed by atoms with van der Waals surface area (Å²) in [7, 11) is 0. The molecule has 0 rings (SSSR count). The predicted molar refractivity (Wildman–Crippen MR) is 235 cm³/mol. The molecule has 0 amide bonds. The molecule has 0 atom stereocenters. The van der Waals surface area contributed by atoms with Crippen LogP contribution in [0.5, 0.6) is 0 Å². The van der Waals surface area contributed by atoms with Crippen LogP contribution in [-0.4, -0.2) is 47.1 Å². The minimum atomic E-state index is -0.903. The number of hydrogen-bond acceptors (Lipinski definition) is 7. The number of hydrogen-bond donors (Lipinski definition) is 3. The van der Waals surface area contributed by atoms with Crippen molar-refractivity contribution in [1.82, 2.24) is 0 Å². The molecule has 0 bridgehead atoms. The van der Waals surface area contributed by atoms with Gasteiger partial charge in [-0.2, -0.15) is 0 Å². The molecule has 0 spiro atoms. The van der Waals surface area contributed by atoms with E-state index in [-0.39, 0.29) is 31.4 Å². The van der Waals surface area contributed by atoms with Gasteiger partial charge in [-0.25, -0.2) is 0 Å². The van der Waals surface area contributed by atoms with Gasteiger partial charge in [-0.1, -0.05) is 234 Å². The third-order valence-corrected chi connectivity index (χ3v) is 9.50. The summed E-state index contributed by atoms with van der Waals surface area (Å²) in [6.45, 7) is 11.7. The van der Waals surface area contributed by atoms with Gasteiger partial charge >= 0.3 is 18.6 Å². The van der Waals surface area contributed by atoms with Crippen LogP contribution in [0.4, 0.5) is 0 Å². The number of aliphatic hydroxyl groups is 3. The molecule has 0 aromatic heterocycles. The monoisotopic (exact) mass is 840 g/mol. The standard InChI is InChI=1S/2C18H36O2.3C4H10O.V/c2*1-2-3-4-5-6-7-8-9-10-11-12-13-14-15-16-17-18(19)20;3*1-2-3-4-5;/h2*2-17H2,1H3,(H,19,20);3*5H,2-4H2,1H3;/q;;;;;+2/p-2. The third kappa shape index (κ3) is 94.5. The first-order chi connectivity index (χ1) is 26.8. The van der Waals surface area contributed by atoms with Gasteiger partial charge in [0.25, 0.3) is 0 Å². The van der Waals surface area contributed by atoms with Gasteiger partial charge in [0.1, 0.15) is 0 Å². The molecule has 0 saturated carbocycles. The van der Waals surface area contributed by atoms with Crippen molar-refractivity contribution in [2.45, 2.75) is 279 Å². The van der Waals surface area contributed by atoms with Crippen molar-refractivity contribution in [3.63, 3.8) is 0 Å². The molecule has 7 nitrogen and oxygen atoms in total. The van der Waals surface area contributed by atoms with Crippen LogP contribution >= 0.6 is 0 Å². The molecule has 1 radical (unpaired) electrons. The zero-order valence-corrected chi connectivity index (χ0v) is 39.8. The molecule has 0 aliphatic heterocycles. The van der Waals surface area contributed by atoms with Crippen LogP contribution in [0.25, 0.3) is 0 Å². The van der Waals surface area contributed by atoms with Gasteiger partial charge in [0.05, 0.1) is 0 Å². The van der Waals surface area contributed by atoms with Crippen molar-refractivity contribution >= 4 is 11.9 Å². The fraction of sp³-hybridized carbons (Fsp3) is 0.958. The second kappa shape index (κ2) is 72.1. The maximum Gasteiger partial charge on any atom is 2.00 e. The van der Waals surface area contributed by atoms with E-state index in [1.54, 1.807) is 0 Å². The van der Waals surface area contributed by atoms with Gasteiger partial charge in [-0.05, 0) is 44.9 Å². The van der Waals surface area contributed by atoms with Crippen molar-refractivity contribution < 1.29 is 53.7 Å². The first kappa shape index (κ1) is 67.2. The largest absolute Gasteiger partial charge is 2.00 e. The summed E-state index contributed by atoms with van der Waals surface area (Å²) >= 11 is 0. The molecule has 339 valence electrons. The van der Waals surface area contributed by atoms with Crippen LogP contribution in [0.15, 0.2) is 0 Å². The maximum atomic E-state index is 10.2. The average molecular weight is 840 g/mol. The molecule has 8 heteroatoms. The van der Waals surface area contributed by atoms with Gasteiger partial charge in [0.2, 0.25) is 0 Å². The summed E-state index contributed by atoms with van der Waals surface area (Å²) in [5.41, 5.74) is 0. The molecule has 0 aliphatic carbocycles. The SMILES string of the molecule is CCCCCCCCCCCCCCCCCC(=O)[O-].CCCCCCCCCCCCCCCCCC(=O)[O-].CCCCO.CCCCO.CCCCO.[V+2]. The minimum Gasteiger partial charge on any atom is -0.550 e. The maximum absolute atomic E-state index is 10.2. The molecule has 0 aromatic rings. The van der Waals surface area contributed by atoms with E-state index in [0.29, 0.717) is 19.8 Å². The quantitative estimate of drug-likeness (QED) is 0.0526. The zero-order chi connectivity index (χ0) is 42.1. The molecule has 0 unspecified atom stereocenters. The van der Waals surface area contributed by atoms with Crippen LogP contribution in [0.1, 0.15) is 279 Å². The Kier molecular flexibility index (Phi) is 86.4. The summed E-state index contributed by atoms with van der Waals surface area (Å²) in [6.07, 6.45) is 45.8. The minimum absolute atomic E-state index is 0. The van der Waals surface area contributed by atoms with E-state index in [2.05, 4.69) is 34.6 Å². The van der Waals surface area contributed by atoms with E-state index in [1.807, 2.05) is 0 Å². The van der Waals surface area contributed by atoms with Crippen LogP contribution in [0.2, 0.25) is 0 Å². The normalized spacial score (nSPS) is 10.0. The number of carbonyl (C=O) groups excluding carboxylic acids is 2. The molecule has 0 fully saturated rings.